The van der Waals surface area contributed by atoms with Gasteiger partial charge in [-0.3, -0.25) is 4.68 Å². The van der Waals surface area contributed by atoms with Crippen LogP contribution in [-0.4, -0.2) is 25.9 Å². The van der Waals surface area contributed by atoms with Crippen LogP contribution in [0.5, 0.6) is 0 Å². The van der Waals surface area contributed by atoms with Crippen LogP contribution in [0.3, 0.4) is 0 Å². The van der Waals surface area contributed by atoms with Crippen molar-refractivity contribution in [1.82, 2.24) is 24.6 Å². The maximum atomic E-state index is 4.33. The van der Waals surface area contributed by atoms with Crippen LogP contribution < -0.4 is 5.32 Å². The fourth-order valence-electron chi connectivity index (χ4n) is 1.95. The van der Waals surface area contributed by atoms with Crippen molar-refractivity contribution in [2.24, 2.45) is 14.1 Å². The van der Waals surface area contributed by atoms with Crippen molar-refractivity contribution in [3.05, 3.63) is 36.2 Å². The van der Waals surface area contributed by atoms with Crippen LogP contribution >= 0.6 is 0 Å². The van der Waals surface area contributed by atoms with Crippen molar-refractivity contribution < 1.29 is 0 Å². The van der Waals surface area contributed by atoms with Crippen molar-refractivity contribution in [2.75, 3.05) is 6.54 Å². The molecule has 1 atom stereocenters. The Morgan fingerprint density at radius 2 is 2.18 bits per heavy atom. The van der Waals surface area contributed by atoms with Crippen LogP contribution in [0.4, 0.5) is 0 Å². The van der Waals surface area contributed by atoms with E-state index in [0.717, 1.165) is 18.8 Å². The highest BCUT2D eigenvalue weighted by Gasteiger charge is 2.09. The number of nitrogens with zero attached hydrogens (tertiary/aromatic N) is 4. The molecule has 0 fully saturated rings. The third-order valence-corrected chi connectivity index (χ3v) is 3.00. The van der Waals surface area contributed by atoms with E-state index < -0.39 is 0 Å². The Hall–Kier alpha value is -1.62. The molecule has 92 valence electrons. The summed E-state index contributed by atoms with van der Waals surface area (Å²) >= 11 is 0. The Morgan fingerprint density at radius 1 is 1.35 bits per heavy atom. The summed E-state index contributed by atoms with van der Waals surface area (Å²) in [6.07, 6.45) is 6.60. The van der Waals surface area contributed by atoms with Crippen LogP contribution in [0, 0.1) is 0 Å². The highest BCUT2D eigenvalue weighted by atomic mass is 15.3. The molecule has 0 radical (unpaired) electrons. The van der Waals surface area contributed by atoms with E-state index >= 15 is 0 Å². The van der Waals surface area contributed by atoms with Crippen LogP contribution in [0.2, 0.25) is 0 Å². The number of aryl methyl sites for hydroxylation is 2. The van der Waals surface area contributed by atoms with Crippen LogP contribution in [0.15, 0.2) is 24.7 Å². The molecule has 0 spiro atoms. The van der Waals surface area contributed by atoms with Gasteiger partial charge in [-0.2, -0.15) is 5.10 Å². The lowest BCUT2D eigenvalue weighted by molar-refractivity contribution is 0.526. The van der Waals surface area contributed by atoms with Crippen LogP contribution in [-0.2, 0) is 20.5 Å². The van der Waals surface area contributed by atoms with Gasteiger partial charge in [-0.25, -0.2) is 4.98 Å². The zero-order valence-electron chi connectivity index (χ0n) is 10.6. The van der Waals surface area contributed by atoms with E-state index in [-0.39, 0.29) is 6.04 Å². The predicted molar refractivity (Wildman–Crippen MR) is 66.5 cm³/mol. The first-order chi connectivity index (χ1) is 8.18. The molecule has 5 heteroatoms. The average molecular weight is 233 g/mol. The van der Waals surface area contributed by atoms with Gasteiger partial charge >= 0.3 is 0 Å². The van der Waals surface area contributed by atoms with Gasteiger partial charge in [-0.1, -0.05) is 0 Å². The maximum Gasteiger partial charge on any atom is 0.125 e. The van der Waals surface area contributed by atoms with Gasteiger partial charge < -0.3 is 9.88 Å². The lowest BCUT2D eigenvalue weighted by Gasteiger charge is -2.13. The summed E-state index contributed by atoms with van der Waals surface area (Å²) in [4.78, 5) is 4.33. The maximum absolute atomic E-state index is 4.33. The minimum absolute atomic E-state index is 0.267. The first-order valence-electron chi connectivity index (χ1n) is 5.86. The Morgan fingerprint density at radius 3 is 2.76 bits per heavy atom. The molecule has 1 N–H and O–H groups in total. The SMILES string of the molecule is CC(NCCc1ccnn1C)c1nccn1C. The van der Waals surface area contributed by atoms with E-state index in [1.54, 1.807) is 0 Å². The molecular weight excluding hydrogens is 214 g/mol. The molecule has 0 saturated carbocycles. The standard InChI is InChI=1S/C12H19N5/c1-10(12-14-8-9-16(12)2)13-6-4-11-5-7-15-17(11)3/h5,7-10,13H,4,6H2,1-3H3. The highest BCUT2D eigenvalue weighted by Crippen LogP contribution is 2.08. The minimum atomic E-state index is 0.267. The molecule has 0 aliphatic rings. The van der Waals surface area contributed by atoms with Gasteiger partial charge in [-0.05, 0) is 13.0 Å². The molecule has 2 aromatic heterocycles. The Kier molecular flexibility index (Phi) is 3.58. The average Bonchev–Trinajstić information content (AvgIpc) is 2.88. The van der Waals surface area contributed by atoms with Crippen molar-refractivity contribution in [2.45, 2.75) is 19.4 Å². The summed E-state index contributed by atoms with van der Waals surface area (Å²) in [7, 11) is 3.99. The number of hydrogen-bond donors (Lipinski definition) is 1. The van der Waals surface area contributed by atoms with E-state index in [1.807, 2.05) is 48.0 Å². The van der Waals surface area contributed by atoms with Gasteiger partial charge in [-0.15, -0.1) is 0 Å². The summed E-state index contributed by atoms with van der Waals surface area (Å²) in [6, 6.07) is 2.32. The summed E-state index contributed by atoms with van der Waals surface area (Å²) in [5.41, 5.74) is 1.24. The molecule has 0 bridgehead atoms. The molecule has 2 rings (SSSR count). The van der Waals surface area contributed by atoms with Gasteiger partial charge in [0.2, 0.25) is 0 Å². The fraction of sp³-hybridized carbons (Fsp3) is 0.500. The lowest BCUT2D eigenvalue weighted by atomic mass is 10.2. The minimum Gasteiger partial charge on any atom is -0.337 e. The molecule has 5 nitrogen and oxygen atoms in total. The molecule has 0 amide bonds. The van der Waals surface area contributed by atoms with E-state index in [1.165, 1.54) is 5.69 Å². The molecule has 0 aliphatic carbocycles. The number of aromatic nitrogens is 4. The zero-order valence-corrected chi connectivity index (χ0v) is 10.6. The normalized spacial score (nSPS) is 12.9. The Bertz CT molecular complexity index is 471. The summed E-state index contributed by atoms with van der Waals surface area (Å²) < 4.78 is 3.95. The van der Waals surface area contributed by atoms with Crippen molar-refractivity contribution in [1.29, 1.82) is 0 Å². The second kappa shape index (κ2) is 5.14. The summed E-state index contributed by atoms with van der Waals surface area (Å²) in [6.45, 7) is 3.05. The molecule has 0 aromatic carbocycles. The molecule has 17 heavy (non-hydrogen) atoms. The zero-order chi connectivity index (χ0) is 12.3. The van der Waals surface area contributed by atoms with Gasteiger partial charge in [0, 0.05) is 51.3 Å². The molecule has 2 aromatic rings. The largest absolute Gasteiger partial charge is 0.337 e. The predicted octanol–water partition coefficient (Wildman–Crippen LogP) is 1.05. The molecule has 2 heterocycles. The van der Waals surface area contributed by atoms with E-state index in [0.29, 0.717) is 0 Å². The Labute approximate surface area is 101 Å². The molecule has 1 unspecified atom stereocenters. The van der Waals surface area contributed by atoms with Gasteiger partial charge in [0.05, 0.1) is 6.04 Å². The van der Waals surface area contributed by atoms with Crippen LogP contribution in [0.1, 0.15) is 24.5 Å². The topological polar surface area (TPSA) is 47.7 Å². The van der Waals surface area contributed by atoms with E-state index in [2.05, 4.69) is 22.3 Å². The second-order valence-electron chi connectivity index (χ2n) is 4.27. The summed E-state index contributed by atoms with van der Waals surface area (Å²) in [5.74, 6) is 1.06. The molecular formula is C12H19N5. The quantitative estimate of drug-likeness (QED) is 0.839. The monoisotopic (exact) mass is 233 g/mol. The Balaban J connectivity index is 1.83. The highest BCUT2D eigenvalue weighted by molar-refractivity contribution is 5.01. The van der Waals surface area contributed by atoms with Crippen molar-refractivity contribution in [3.8, 4) is 0 Å². The van der Waals surface area contributed by atoms with Gasteiger partial charge in [0.15, 0.2) is 0 Å². The van der Waals surface area contributed by atoms with Crippen LogP contribution in [0.25, 0.3) is 0 Å². The van der Waals surface area contributed by atoms with Crippen molar-refractivity contribution >= 4 is 0 Å². The van der Waals surface area contributed by atoms with Gasteiger partial charge in [0.1, 0.15) is 5.82 Å². The number of rotatable bonds is 5. The molecule has 0 aliphatic heterocycles. The fourth-order valence-corrected chi connectivity index (χ4v) is 1.95. The van der Waals surface area contributed by atoms with E-state index in [4.69, 9.17) is 0 Å². The molecule has 0 saturated heterocycles. The lowest BCUT2D eigenvalue weighted by Crippen LogP contribution is -2.24. The summed E-state index contributed by atoms with van der Waals surface area (Å²) in [5, 5.41) is 7.62. The second-order valence-corrected chi connectivity index (χ2v) is 4.27. The van der Waals surface area contributed by atoms with E-state index in [9.17, 15) is 0 Å². The first-order valence-corrected chi connectivity index (χ1v) is 5.86. The first kappa shape index (κ1) is 11.9. The van der Waals surface area contributed by atoms with Crippen molar-refractivity contribution in [3.63, 3.8) is 0 Å². The third-order valence-electron chi connectivity index (χ3n) is 3.00. The number of imidazole rings is 1. The number of nitrogens with one attached hydrogen (secondary N) is 1. The van der Waals surface area contributed by atoms with Gasteiger partial charge in [0.25, 0.3) is 0 Å². The number of hydrogen-bond acceptors (Lipinski definition) is 3. The smallest absolute Gasteiger partial charge is 0.125 e. The third kappa shape index (κ3) is 2.74.